The maximum Gasteiger partial charge on any atom is 0.191 e. The first kappa shape index (κ1) is 17.7. The third kappa shape index (κ3) is 3.59. The average molecular weight is 351 g/mol. The van der Waals surface area contributed by atoms with Crippen molar-refractivity contribution in [2.75, 3.05) is 20.2 Å². The number of hydrogen-bond donors (Lipinski definition) is 2. The molecule has 0 radical (unpaired) electrons. The standard InChI is InChI=1S/C18H30N4OS/c1-4-23-16-11-15(18(16)8-5-6-9-18)22-17(19-3)20-10-7-14-12-24-13(2)21-14/h12,15-16H,4-11H2,1-3H3,(H2,19,20,22). The van der Waals surface area contributed by atoms with Crippen LogP contribution in [0.3, 0.4) is 0 Å². The second-order valence-corrected chi connectivity index (χ2v) is 7.99. The van der Waals surface area contributed by atoms with Crippen molar-refractivity contribution in [3.63, 3.8) is 0 Å². The Morgan fingerprint density at radius 1 is 1.46 bits per heavy atom. The fourth-order valence-electron chi connectivity index (χ4n) is 4.28. The van der Waals surface area contributed by atoms with Gasteiger partial charge in [-0.1, -0.05) is 12.8 Å². The summed E-state index contributed by atoms with van der Waals surface area (Å²) in [4.78, 5) is 8.92. The van der Waals surface area contributed by atoms with Gasteiger partial charge in [0.25, 0.3) is 0 Å². The highest BCUT2D eigenvalue weighted by molar-refractivity contribution is 7.09. The van der Waals surface area contributed by atoms with Crippen LogP contribution in [0.5, 0.6) is 0 Å². The first-order chi connectivity index (χ1) is 11.7. The molecular weight excluding hydrogens is 320 g/mol. The van der Waals surface area contributed by atoms with Crippen LogP contribution in [0.1, 0.15) is 49.7 Å². The van der Waals surface area contributed by atoms with Crippen LogP contribution in [-0.4, -0.2) is 43.3 Å². The quantitative estimate of drug-likeness (QED) is 0.612. The summed E-state index contributed by atoms with van der Waals surface area (Å²) in [6.45, 7) is 5.83. The molecule has 2 atom stereocenters. The topological polar surface area (TPSA) is 58.5 Å². The highest BCUT2D eigenvalue weighted by Crippen LogP contribution is 2.54. The van der Waals surface area contributed by atoms with Crippen LogP contribution in [0.25, 0.3) is 0 Å². The molecule has 1 spiro atoms. The molecule has 0 aliphatic heterocycles. The Morgan fingerprint density at radius 2 is 2.25 bits per heavy atom. The number of nitrogens with one attached hydrogen (secondary N) is 2. The van der Waals surface area contributed by atoms with Crippen molar-refractivity contribution in [2.24, 2.45) is 10.4 Å². The lowest BCUT2D eigenvalue weighted by atomic mass is 9.60. The van der Waals surface area contributed by atoms with Crippen molar-refractivity contribution in [3.8, 4) is 0 Å². The Balaban J connectivity index is 1.50. The van der Waals surface area contributed by atoms with E-state index in [0.717, 1.165) is 42.7 Å². The SMILES string of the molecule is CCOC1CC(NC(=NC)NCCc2csc(C)n2)C12CCCC2. The summed E-state index contributed by atoms with van der Waals surface area (Å²) in [5.41, 5.74) is 1.49. The van der Waals surface area contributed by atoms with E-state index in [1.807, 2.05) is 7.05 Å². The minimum atomic E-state index is 0.333. The van der Waals surface area contributed by atoms with E-state index in [4.69, 9.17) is 4.74 Å². The number of aryl methyl sites for hydroxylation is 1. The van der Waals surface area contributed by atoms with E-state index in [2.05, 4.69) is 39.8 Å². The lowest BCUT2D eigenvalue weighted by Crippen LogP contribution is -2.65. The number of rotatable bonds is 6. The van der Waals surface area contributed by atoms with Crippen LogP contribution in [-0.2, 0) is 11.2 Å². The second kappa shape index (κ2) is 7.83. The minimum Gasteiger partial charge on any atom is -0.378 e. The third-order valence-corrected chi connectivity index (χ3v) is 6.38. The first-order valence-corrected chi connectivity index (χ1v) is 10.1. The fraction of sp³-hybridized carbons (Fsp3) is 0.778. The predicted molar refractivity (Wildman–Crippen MR) is 99.8 cm³/mol. The Hall–Kier alpha value is -1.14. The zero-order valence-corrected chi connectivity index (χ0v) is 15.9. The number of aromatic nitrogens is 1. The minimum absolute atomic E-state index is 0.333. The van der Waals surface area contributed by atoms with Crippen molar-refractivity contribution in [2.45, 2.75) is 64.5 Å². The largest absolute Gasteiger partial charge is 0.378 e. The van der Waals surface area contributed by atoms with Gasteiger partial charge in [-0.15, -0.1) is 11.3 Å². The molecule has 2 saturated carbocycles. The molecule has 2 unspecified atom stereocenters. The molecule has 2 N–H and O–H groups in total. The van der Waals surface area contributed by atoms with Crippen molar-refractivity contribution in [3.05, 3.63) is 16.1 Å². The van der Waals surface area contributed by atoms with E-state index < -0.39 is 0 Å². The molecule has 134 valence electrons. The summed E-state index contributed by atoms with van der Waals surface area (Å²) in [5.74, 6) is 0.910. The Bertz CT molecular complexity index is 565. The van der Waals surface area contributed by atoms with Gasteiger partial charge in [-0.25, -0.2) is 4.98 Å². The number of nitrogens with zero attached hydrogens (tertiary/aromatic N) is 2. The molecule has 1 aromatic rings. The van der Waals surface area contributed by atoms with Gasteiger partial charge in [0.15, 0.2) is 5.96 Å². The zero-order chi connectivity index (χ0) is 17.0. The highest BCUT2D eigenvalue weighted by atomic mass is 32.1. The van der Waals surface area contributed by atoms with E-state index in [-0.39, 0.29) is 0 Å². The Kier molecular flexibility index (Phi) is 5.76. The fourth-order valence-corrected chi connectivity index (χ4v) is 4.93. The van der Waals surface area contributed by atoms with Gasteiger partial charge in [0.1, 0.15) is 0 Å². The number of guanidine groups is 1. The van der Waals surface area contributed by atoms with Crippen molar-refractivity contribution < 1.29 is 4.74 Å². The van der Waals surface area contributed by atoms with Gasteiger partial charge in [-0.05, 0) is 33.1 Å². The maximum absolute atomic E-state index is 5.99. The van der Waals surface area contributed by atoms with Crippen molar-refractivity contribution >= 4 is 17.3 Å². The molecule has 24 heavy (non-hydrogen) atoms. The number of ether oxygens (including phenoxy) is 1. The van der Waals surface area contributed by atoms with E-state index in [9.17, 15) is 0 Å². The molecule has 2 aliphatic rings. The van der Waals surface area contributed by atoms with Crippen molar-refractivity contribution in [1.82, 2.24) is 15.6 Å². The predicted octanol–water partition coefficient (Wildman–Crippen LogP) is 2.90. The van der Waals surface area contributed by atoms with Gasteiger partial charge in [-0.3, -0.25) is 4.99 Å². The molecule has 6 heteroatoms. The van der Waals surface area contributed by atoms with Gasteiger partial charge in [-0.2, -0.15) is 0 Å². The molecule has 3 rings (SSSR count). The summed E-state index contributed by atoms with van der Waals surface area (Å²) in [6, 6.07) is 0.490. The van der Waals surface area contributed by atoms with Crippen LogP contribution in [0, 0.1) is 12.3 Å². The van der Waals surface area contributed by atoms with Gasteiger partial charge >= 0.3 is 0 Å². The van der Waals surface area contributed by atoms with E-state index in [1.54, 1.807) is 11.3 Å². The summed E-state index contributed by atoms with van der Waals surface area (Å²) >= 11 is 1.71. The number of aliphatic imine (C=N–C) groups is 1. The van der Waals surface area contributed by atoms with Crippen LogP contribution < -0.4 is 10.6 Å². The van der Waals surface area contributed by atoms with Gasteiger partial charge in [0.05, 0.1) is 16.8 Å². The summed E-state index contributed by atoms with van der Waals surface area (Å²) in [6.07, 6.45) is 7.68. The Labute approximate surface area is 149 Å². The second-order valence-electron chi connectivity index (χ2n) is 6.92. The van der Waals surface area contributed by atoms with Gasteiger partial charge in [0, 0.05) is 43.5 Å². The molecule has 0 bridgehead atoms. The van der Waals surface area contributed by atoms with Gasteiger partial charge < -0.3 is 15.4 Å². The molecule has 0 saturated heterocycles. The maximum atomic E-state index is 5.99. The molecule has 0 amide bonds. The van der Waals surface area contributed by atoms with Crippen LogP contribution >= 0.6 is 11.3 Å². The average Bonchev–Trinajstić information content (AvgIpc) is 3.23. The number of thiazole rings is 1. The lowest BCUT2D eigenvalue weighted by molar-refractivity contribution is -0.125. The first-order valence-electron chi connectivity index (χ1n) is 9.17. The summed E-state index contributed by atoms with van der Waals surface area (Å²) < 4.78 is 5.99. The van der Waals surface area contributed by atoms with Gasteiger partial charge in [0.2, 0.25) is 0 Å². The normalized spacial score (nSPS) is 25.7. The van der Waals surface area contributed by atoms with E-state index >= 15 is 0 Å². The molecule has 1 heterocycles. The summed E-state index contributed by atoms with van der Waals surface area (Å²) in [7, 11) is 1.85. The molecular formula is C18H30N4OS. The third-order valence-electron chi connectivity index (χ3n) is 5.56. The lowest BCUT2D eigenvalue weighted by Gasteiger charge is -2.54. The summed E-state index contributed by atoms with van der Waals surface area (Å²) in [5, 5.41) is 10.4. The molecule has 2 aliphatic carbocycles. The monoisotopic (exact) mass is 350 g/mol. The Morgan fingerprint density at radius 3 is 2.88 bits per heavy atom. The van der Waals surface area contributed by atoms with E-state index in [1.165, 1.54) is 25.7 Å². The molecule has 0 aromatic carbocycles. The van der Waals surface area contributed by atoms with Crippen LogP contribution in [0.4, 0.5) is 0 Å². The van der Waals surface area contributed by atoms with Crippen molar-refractivity contribution in [1.29, 1.82) is 0 Å². The smallest absolute Gasteiger partial charge is 0.191 e. The molecule has 1 aromatic heterocycles. The number of hydrogen-bond acceptors (Lipinski definition) is 4. The van der Waals surface area contributed by atoms with Crippen LogP contribution in [0.15, 0.2) is 10.4 Å². The molecule has 5 nitrogen and oxygen atoms in total. The molecule has 2 fully saturated rings. The zero-order valence-electron chi connectivity index (χ0n) is 15.1. The highest BCUT2D eigenvalue weighted by Gasteiger charge is 2.56. The van der Waals surface area contributed by atoms with Crippen LogP contribution in [0.2, 0.25) is 0 Å². The van der Waals surface area contributed by atoms with E-state index in [0.29, 0.717) is 17.6 Å².